The van der Waals surface area contributed by atoms with Crippen LogP contribution >= 0.6 is 0 Å². The van der Waals surface area contributed by atoms with Gasteiger partial charge in [0.05, 0.1) is 0 Å². The predicted molar refractivity (Wildman–Crippen MR) is 132 cm³/mol. The fraction of sp³-hybridized carbons (Fsp3) is 0.500. The van der Waals surface area contributed by atoms with E-state index in [2.05, 4.69) is 46.6 Å². The molecule has 2 aliphatic rings. The summed E-state index contributed by atoms with van der Waals surface area (Å²) in [5, 5.41) is 3.11. The number of amides is 2. The number of hydrogen-bond donors (Lipinski definition) is 1. The molecular weight excluding hydrogens is 410 g/mol. The monoisotopic (exact) mass is 447 g/mol. The summed E-state index contributed by atoms with van der Waals surface area (Å²) in [5.41, 5.74) is 4.26. The third-order valence-corrected chi connectivity index (χ3v) is 6.80. The lowest BCUT2D eigenvalue weighted by Crippen LogP contribution is -2.49. The van der Waals surface area contributed by atoms with Gasteiger partial charge in [-0.05, 0) is 61.0 Å². The fourth-order valence-electron chi connectivity index (χ4n) is 4.96. The van der Waals surface area contributed by atoms with E-state index < -0.39 is 5.41 Å². The minimum Gasteiger partial charge on any atom is -0.350 e. The molecule has 0 saturated carbocycles. The zero-order chi connectivity index (χ0) is 23.4. The van der Waals surface area contributed by atoms with Crippen LogP contribution in [0.25, 0.3) is 11.1 Å². The van der Waals surface area contributed by atoms with Gasteiger partial charge in [0.1, 0.15) is 6.04 Å². The number of carbonyl (C=O) groups is 2. The number of nitrogens with one attached hydrogen (secondary N) is 1. The number of nitrogens with zero attached hydrogens (tertiary/aromatic N) is 2. The van der Waals surface area contributed by atoms with Crippen molar-refractivity contribution in [2.45, 2.75) is 65.6 Å². The Morgan fingerprint density at radius 2 is 1.64 bits per heavy atom. The molecule has 2 aliphatic heterocycles. The van der Waals surface area contributed by atoms with Crippen molar-refractivity contribution in [2.24, 2.45) is 5.41 Å². The van der Waals surface area contributed by atoms with Gasteiger partial charge in [-0.15, -0.1) is 0 Å². The molecule has 0 bridgehead atoms. The van der Waals surface area contributed by atoms with Crippen molar-refractivity contribution >= 4 is 11.8 Å². The molecule has 5 heteroatoms. The Labute approximate surface area is 198 Å². The first-order chi connectivity index (χ1) is 15.8. The number of benzene rings is 2. The molecule has 176 valence electrons. The van der Waals surface area contributed by atoms with Gasteiger partial charge in [0.2, 0.25) is 11.8 Å². The van der Waals surface area contributed by atoms with E-state index in [9.17, 15) is 9.59 Å². The first kappa shape index (κ1) is 23.5. The van der Waals surface area contributed by atoms with Crippen LogP contribution in [0.3, 0.4) is 0 Å². The topological polar surface area (TPSA) is 52.7 Å². The minimum absolute atomic E-state index is 0.0505. The van der Waals surface area contributed by atoms with Gasteiger partial charge in [-0.2, -0.15) is 0 Å². The molecule has 33 heavy (non-hydrogen) atoms. The van der Waals surface area contributed by atoms with E-state index in [0.29, 0.717) is 13.1 Å². The first-order valence-corrected chi connectivity index (χ1v) is 12.3. The molecule has 2 aromatic rings. The largest absolute Gasteiger partial charge is 0.350 e. The van der Waals surface area contributed by atoms with Crippen LogP contribution in [-0.4, -0.2) is 47.3 Å². The molecular formula is C28H37N3O2. The van der Waals surface area contributed by atoms with Gasteiger partial charge < -0.3 is 10.2 Å². The maximum atomic E-state index is 13.0. The molecule has 1 atom stereocenters. The lowest BCUT2D eigenvalue weighted by atomic mass is 9.94. The standard InChI is InChI=1S/C28H37N3O2/c1-28(2,3)27(33)31-18-8-11-25(31)26(32)29-19-23-9-4-5-10-24(23)22-14-12-21(13-15-22)20-30-16-6-7-17-30/h4-5,9-10,12-15,25H,6-8,11,16-20H2,1-3H3,(H,29,32). The zero-order valence-electron chi connectivity index (χ0n) is 20.3. The molecule has 0 spiro atoms. The SMILES string of the molecule is CC(C)(C)C(=O)N1CCCC1C(=O)NCc1ccccc1-c1ccc(CN2CCCC2)cc1. The number of likely N-dealkylation sites (tertiary alicyclic amines) is 2. The second kappa shape index (κ2) is 10.1. The lowest BCUT2D eigenvalue weighted by molar-refractivity contribution is -0.144. The summed E-state index contributed by atoms with van der Waals surface area (Å²) in [4.78, 5) is 30.1. The Morgan fingerprint density at radius 1 is 0.939 bits per heavy atom. The van der Waals surface area contributed by atoms with E-state index in [4.69, 9.17) is 0 Å². The summed E-state index contributed by atoms with van der Waals surface area (Å²) in [6.07, 6.45) is 4.22. The van der Waals surface area contributed by atoms with E-state index in [0.717, 1.165) is 36.1 Å². The van der Waals surface area contributed by atoms with Crippen molar-refractivity contribution in [3.8, 4) is 11.1 Å². The molecule has 2 amide bonds. The van der Waals surface area contributed by atoms with Crippen LogP contribution in [0, 0.1) is 5.41 Å². The molecule has 0 aliphatic carbocycles. The molecule has 2 fully saturated rings. The third-order valence-electron chi connectivity index (χ3n) is 6.80. The molecule has 2 heterocycles. The molecule has 0 aromatic heterocycles. The Bertz CT molecular complexity index is 971. The third kappa shape index (κ3) is 5.64. The summed E-state index contributed by atoms with van der Waals surface area (Å²) in [6.45, 7) is 10.3. The van der Waals surface area contributed by atoms with Gasteiger partial charge in [-0.3, -0.25) is 14.5 Å². The molecule has 2 aromatic carbocycles. The van der Waals surface area contributed by atoms with Crippen molar-refractivity contribution < 1.29 is 9.59 Å². The van der Waals surface area contributed by atoms with Crippen LogP contribution in [-0.2, 0) is 22.7 Å². The van der Waals surface area contributed by atoms with Gasteiger partial charge in [0.25, 0.3) is 0 Å². The summed E-state index contributed by atoms with van der Waals surface area (Å²) in [7, 11) is 0. The highest BCUT2D eigenvalue weighted by molar-refractivity contribution is 5.90. The normalized spacial score (nSPS) is 19.1. The van der Waals surface area contributed by atoms with Crippen LogP contribution in [0.2, 0.25) is 0 Å². The Balaban J connectivity index is 1.41. The van der Waals surface area contributed by atoms with Crippen LogP contribution in [0.4, 0.5) is 0 Å². The quantitative estimate of drug-likeness (QED) is 0.704. The highest BCUT2D eigenvalue weighted by Gasteiger charge is 2.38. The smallest absolute Gasteiger partial charge is 0.243 e. The van der Waals surface area contributed by atoms with E-state index >= 15 is 0 Å². The lowest BCUT2D eigenvalue weighted by Gasteiger charge is -2.30. The first-order valence-electron chi connectivity index (χ1n) is 12.3. The van der Waals surface area contributed by atoms with Crippen molar-refractivity contribution in [1.29, 1.82) is 0 Å². The number of hydrogen-bond acceptors (Lipinski definition) is 3. The highest BCUT2D eigenvalue weighted by atomic mass is 16.2. The van der Waals surface area contributed by atoms with Gasteiger partial charge in [0, 0.05) is 25.0 Å². The maximum Gasteiger partial charge on any atom is 0.243 e. The predicted octanol–water partition coefficient (Wildman–Crippen LogP) is 4.60. The van der Waals surface area contributed by atoms with Crippen molar-refractivity contribution in [1.82, 2.24) is 15.1 Å². The molecule has 1 N–H and O–H groups in total. The average Bonchev–Trinajstić information content (AvgIpc) is 3.49. The van der Waals surface area contributed by atoms with Gasteiger partial charge in [-0.25, -0.2) is 0 Å². The van der Waals surface area contributed by atoms with E-state index in [1.54, 1.807) is 4.90 Å². The fourth-order valence-corrected chi connectivity index (χ4v) is 4.96. The van der Waals surface area contributed by atoms with Crippen molar-refractivity contribution in [3.05, 3.63) is 59.7 Å². The summed E-state index contributed by atoms with van der Waals surface area (Å²) in [6, 6.07) is 16.7. The second-order valence-corrected chi connectivity index (χ2v) is 10.5. The molecule has 4 rings (SSSR count). The summed E-state index contributed by atoms with van der Waals surface area (Å²) < 4.78 is 0. The summed E-state index contributed by atoms with van der Waals surface area (Å²) in [5.74, 6) is -0.00423. The minimum atomic E-state index is -0.476. The Morgan fingerprint density at radius 3 is 2.33 bits per heavy atom. The number of rotatable bonds is 6. The molecule has 2 saturated heterocycles. The average molecular weight is 448 g/mol. The maximum absolute atomic E-state index is 13.0. The van der Waals surface area contributed by atoms with E-state index in [-0.39, 0.29) is 17.9 Å². The molecule has 0 radical (unpaired) electrons. The molecule has 5 nitrogen and oxygen atoms in total. The Hall–Kier alpha value is -2.66. The summed E-state index contributed by atoms with van der Waals surface area (Å²) >= 11 is 0. The van der Waals surface area contributed by atoms with Crippen molar-refractivity contribution in [2.75, 3.05) is 19.6 Å². The highest BCUT2D eigenvalue weighted by Crippen LogP contribution is 2.27. The van der Waals surface area contributed by atoms with Crippen molar-refractivity contribution in [3.63, 3.8) is 0 Å². The van der Waals surface area contributed by atoms with Crippen LogP contribution in [0.15, 0.2) is 48.5 Å². The van der Waals surface area contributed by atoms with E-state index in [1.807, 2.05) is 32.9 Å². The second-order valence-electron chi connectivity index (χ2n) is 10.5. The number of carbonyl (C=O) groups excluding carboxylic acids is 2. The van der Waals surface area contributed by atoms with Gasteiger partial charge in [-0.1, -0.05) is 69.3 Å². The van der Waals surface area contributed by atoms with E-state index in [1.165, 1.54) is 31.5 Å². The molecule has 1 unspecified atom stereocenters. The Kier molecular flexibility index (Phi) is 7.18. The van der Waals surface area contributed by atoms with Gasteiger partial charge in [0.15, 0.2) is 0 Å². The van der Waals surface area contributed by atoms with Crippen LogP contribution in [0.5, 0.6) is 0 Å². The zero-order valence-corrected chi connectivity index (χ0v) is 20.3. The van der Waals surface area contributed by atoms with Crippen LogP contribution < -0.4 is 5.32 Å². The van der Waals surface area contributed by atoms with Gasteiger partial charge >= 0.3 is 0 Å². The van der Waals surface area contributed by atoms with Crippen LogP contribution in [0.1, 0.15) is 57.6 Å².